The standard InChI is InChI=1S/C26H33N3O2S/c1-4-22(30)13-20(26(31)28-21(16-27)12-18-8-6-5-7-9-18)15-25-29-23-11-10-19(17(2)3)14-24(23)32-25/h5-11,14,17,20-21H,4,12-13,15-16,27H2,1-3H3,(H,28,31)/t20-,21-/m0/s1. The van der Waals surface area contributed by atoms with E-state index < -0.39 is 5.92 Å². The number of nitrogens with one attached hydrogen (secondary N) is 1. The first-order chi connectivity index (χ1) is 15.4. The summed E-state index contributed by atoms with van der Waals surface area (Å²) in [7, 11) is 0. The Bertz CT molecular complexity index is 1050. The molecule has 0 aliphatic carbocycles. The number of aromatic nitrogens is 1. The molecule has 0 bridgehead atoms. The Labute approximate surface area is 194 Å². The molecule has 32 heavy (non-hydrogen) atoms. The number of amides is 1. The highest BCUT2D eigenvalue weighted by atomic mass is 32.1. The Morgan fingerprint density at radius 2 is 1.84 bits per heavy atom. The number of carbonyl (C=O) groups is 2. The van der Waals surface area contributed by atoms with E-state index in [0.29, 0.717) is 31.7 Å². The molecule has 1 amide bonds. The first-order valence-electron chi connectivity index (χ1n) is 11.3. The van der Waals surface area contributed by atoms with Crippen molar-refractivity contribution >= 4 is 33.2 Å². The minimum absolute atomic E-state index is 0.0840. The van der Waals surface area contributed by atoms with Crippen LogP contribution in [-0.4, -0.2) is 29.3 Å². The van der Waals surface area contributed by atoms with Crippen LogP contribution in [0.15, 0.2) is 48.5 Å². The van der Waals surface area contributed by atoms with Gasteiger partial charge in [0.05, 0.1) is 21.1 Å². The topological polar surface area (TPSA) is 85.1 Å². The van der Waals surface area contributed by atoms with Crippen LogP contribution in [-0.2, 0) is 22.4 Å². The van der Waals surface area contributed by atoms with Gasteiger partial charge in [0.25, 0.3) is 0 Å². The van der Waals surface area contributed by atoms with Crippen LogP contribution in [0.4, 0.5) is 0 Å². The van der Waals surface area contributed by atoms with Crippen LogP contribution < -0.4 is 11.1 Å². The first kappa shape index (κ1) is 24.1. The van der Waals surface area contributed by atoms with Gasteiger partial charge in [-0.2, -0.15) is 0 Å². The Hall–Kier alpha value is -2.57. The lowest BCUT2D eigenvalue weighted by molar-refractivity contribution is -0.129. The average Bonchev–Trinajstić information content (AvgIpc) is 3.20. The lowest BCUT2D eigenvalue weighted by atomic mass is 9.96. The summed E-state index contributed by atoms with van der Waals surface area (Å²) in [5, 5.41) is 3.97. The van der Waals surface area contributed by atoms with Crippen molar-refractivity contribution < 1.29 is 9.59 Å². The summed E-state index contributed by atoms with van der Waals surface area (Å²) in [4.78, 5) is 30.1. The van der Waals surface area contributed by atoms with Gasteiger partial charge in [-0.1, -0.05) is 57.2 Å². The molecule has 0 saturated carbocycles. The molecule has 0 spiro atoms. The maximum atomic E-state index is 13.2. The third-order valence-electron chi connectivity index (χ3n) is 5.74. The molecule has 3 aromatic rings. The maximum Gasteiger partial charge on any atom is 0.224 e. The number of Topliss-reactive ketones (excluding diaryl/α,β-unsaturated/α-hetero) is 1. The number of nitrogens with zero attached hydrogens (tertiary/aromatic N) is 1. The van der Waals surface area contributed by atoms with Gasteiger partial charge in [0.2, 0.25) is 5.91 Å². The molecule has 3 rings (SSSR count). The van der Waals surface area contributed by atoms with Crippen molar-refractivity contribution in [2.75, 3.05) is 6.54 Å². The molecule has 0 saturated heterocycles. The SMILES string of the molecule is CCC(=O)C[C@@H](Cc1nc2ccc(C(C)C)cc2s1)C(=O)N[C@H](CN)Cc1ccccc1. The highest BCUT2D eigenvalue weighted by molar-refractivity contribution is 7.18. The minimum Gasteiger partial charge on any atom is -0.352 e. The van der Waals surface area contributed by atoms with E-state index in [9.17, 15) is 9.59 Å². The number of hydrogen-bond acceptors (Lipinski definition) is 5. The summed E-state index contributed by atoms with van der Waals surface area (Å²) in [5.41, 5.74) is 9.29. The monoisotopic (exact) mass is 451 g/mol. The van der Waals surface area contributed by atoms with Crippen molar-refractivity contribution in [2.45, 2.75) is 58.4 Å². The van der Waals surface area contributed by atoms with Gasteiger partial charge in [-0.25, -0.2) is 4.98 Å². The van der Waals surface area contributed by atoms with Gasteiger partial charge in [0, 0.05) is 31.8 Å². The van der Waals surface area contributed by atoms with Gasteiger partial charge in [0.15, 0.2) is 0 Å². The first-order valence-corrected chi connectivity index (χ1v) is 12.2. The second kappa shape index (κ2) is 11.3. The smallest absolute Gasteiger partial charge is 0.224 e. The summed E-state index contributed by atoms with van der Waals surface area (Å²) < 4.78 is 1.12. The van der Waals surface area contributed by atoms with Crippen LogP contribution in [0.5, 0.6) is 0 Å². The molecular formula is C26H33N3O2S. The molecule has 0 aliphatic rings. The van der Waals surface area contributed by atoms with E-state index in [4.69, 9.17) is 10.7 Å². The van der Waals surface area contributed by atoms with Crippen molar-refractivity contribution in [3.05, 3.63) is 64.7 Å². The van der Waals surface area contributed by atoms with Crippen LogP contribution in [0, 0.1) is 5.92 Å². The predicted octanol–water partition coefficient (Wildman–Crippen LogP) is 4.63. The lowest BCUT2D eigenvalue weighted by Gasteiger charge is -2.21. The fourth-order valence-electron chi connectivity index (χ4n) is 3.73. The summed E-state index contributed by atoms with van der Waals surface area (Å²) in [5.74, 6) is -0.0399. The molecule has 1 aromatic heterocycles. The Balaban J connectivity index is 1.75. The molecule has 3 N–H and O–H groups in total. The summed E-state index contributed by atoms with van der Waals surface area (Å²) >= 11 is 1.61. The Morgan fingerprint density at radius 1 is 1.09 bits per heavy atom. The summed E-state index contributed by atoms with van der Waals surface area (Å²) in [6, 6.07) is 16.1. The van der Waals surface area contributed by atoms with Crippen LogP contribution in [0.25, 0.3) is 10.2 Å². The van der Waals surface area contributed by atoms with Gasteiger partial charge < -0.3 is 11.1 Å². The van der Waals surface area contributed by atoms with Crippen molar-refractivity contribution in [3.8, 4) is 0 Å². The number of hydrogen-bond donors (Lipinski definition) is 2. The van der Waals surface area contributed by atoms with E-state index in [-0.39, 0.29) is 24.2 Å². The molecule has 5 nitrogen and oxygen atoms in total. The van der Waals surface area contributed by atoms with Gasteiger partial charge in [0.1, 0.15) is 5.78 Å². The van der Waals surface area contributed by atoms with Gasteiger partial charge in [-0.15, -0.1) is 11.3 Å². The molecule has 2 atom stereocenters. The number of benzene rings is 2. The third-order valence-corrected chi connectivity index (χ3v) is 6.78. The molecular weight excluding hydrogens is 418 g/mol. The summed E-state index contributed by atoms with van der Waals surface area (Å²) in [6.07, 6.45) is 1.76. The highest BCUT2D eigenvalue weighted by Gasteiger charge is 2.25. The largest absolute Gasteiger partial charge is 0.352 e. The second-order valence-electron chi connectivity index (χ2n) is 8.62. The van der Waals surface area contributed by atoms with Crippen molar-refractivity contribution in [3.63, 3.8) is 0 Å². The zero-order valence-electron chi connectivity index (χ0n) is 19.1. The maximum absolute atomic E-state index is 13.2. The average molecular weight is 452 g/mol. The van der Waals surface area contributed by atoms with Crippen molar-refractivity contribution in [1.82, 2.24) is 10.3 Å². The normalized spacial score (nSPS) is 13.3. The van der Waals surface area contributed by atoms with Gasteiger partial charge in [-0.05, 0) is 35.6 Å². The van der Waals surface area contributed by atoms with Crippen LogP contribution in [0.2, 0.25) is 0 Å². The number of fused-ring (bicyclic) bond motifs is 1. The lowest BCUT2D eigenvalue weighted by Crippen LogP contribution is -2.45. The molecule has 6 heteroatoms. The minimum atomic E-state index is -0.447. The van der Waals surface area contributed by atoms with E-state index in [0.717, 1.165) is 20.8 Å². The molecule has 0 radical (unpaired) electrons. The van der Waals surface area contributed by atoms with Gasteiger partial charge >= 0.3 is 0 Å². The zero-order chi connectivity index (χ0) is 23.1. The highest BCUT2D eigenvalue weighted by Crippen LogP contribution is 2.28. The van der Waals surface area contributed by atoms with E-state index in [2.05, 4.69) is 31.3 Å². The van der Waals surface area contributed by atoms with Crippen molar-refractivity contribution in [1.29, 1.82) is 0 Å². The van der Waals surface area contributed by atoms with E-state index in [1.54, 1.807) is 11.3 Å². The van der Waals surface area contributed by atoms with E-state index in [1.807, 2.05) is 43.3 Å². The number of ketones is 1. The van der Waals surface area contributed by atoms with Crippen LogP contribution >= 0.6 is 11.3 Å². The van der Waals surface area contributed by atoms with Crippen LogP contribution in [0.3, 0.4) is 0 Å². The molecule has 0 unspecified atom stereocenters. The second-order valence-corrected chi connectivity index (χ2v) is 9.73. The fraction of sp³-hybridized carbons (Fsp3) is 0.423. The predicted molar refractivity (Wildman–Crippen MR) is 132 cm³/mol. The molecule has 0 aliphatic heterocycles. The molecule has 2 aromatic carbocycles. The van der Waals surface area contributed by atoms with Gasteiger partial charge in [-0.3, -0.25) is 9.59 Å². The quantitative estimate of drug-likeness (QED) is 0.445. The number of carbonyl (C=O) groups excluding carboxylic acids is 2. The third kappa shape index (κ3) is 6.47. The number of thiazole rings is 1. The number of nitrogens with two attached hydrogens (primary N) is 1. The summed E-state index contributed by atoms with van der Waals surface area (Å²) in [6.45, 7) is 6.51. The Morgan fingerprint density at radius 3 is 2.50 bits per heavy atom. The van der Waals surface area contributed by atoms with E-state index in [1.165, 1.54) is 5.56 Å². The molecule has 0 fully saturated rings. The zero-order valence-corrected chi connectivity index (χ0v) is 20.0. The fourth-order valence-corrected chi connectivity index (χ4v) is 4.83. The van der Waals surface area contributed by atoms with E-state index >= 15 is 0 Å². The molecule has 1 heterocycles. The Kier molecular flexibility index (Phi) is 8.53. The molecule has 170 valence electrons. The number of rotatable bonds is 11. The van der Waals surface area contributed by atoms with Crippen LogP contribution in [0.1, 0.15) is 55.7 Å². The van der Waals surface area contributed by atoms with Crippen molar-refractivity contribution in [2.24, 2.45) is 11.7 Å².